The minimum atomic E-state index is -0.00706. The maximum absolute atomic E-state index is 5.95. The number of nitrogens with two attached hydrogens (primary N) is 1. The van der Waals surface area contributed by atoms with Gasteiger partial charge in [-0.3, -0.25) is 0 Å². The molecule has 0 unspecified atom stereocenters. The average molecular weight is 247 g/mol. The first-order valence-corrected chi connectivity index (χ1v) is 6.61. The molecule has 0 aliphatic carbocycles. The molecule has 2 nitrogen and oxygen atoms in total. The SMILES string of the molecule is Cc1ccc(OCc2ccsc2)c([C@H](C)N)c1. The molecule has 1 aromatic heterocycles. The van der Waals surface area contributed by atoms with Gasteiger partial charge in [-0.05, 0) is 42.3 Å². The average Bonchev–Trinajstić information content (AvgIpc) is 2.80. The Bertz CT molecular complexity index is 477. The number of hydrogen-bond acceptors (Lipinski definition) is 3. The molecule has 90 valence electrons. The summed E-state index contributed by atoms with van der Waals surface area (Å²) in [4.78, 5) is 0. The maximum atomic E-state index is 5.95. The highest BCUT2D eigenvalue weighted by atomic mass is 32.1. The van der Waals surface area contributed by atoms with E-state index in [0.29, 0.717) is 6.61 Å². The first-order chi connectivity index (χ1) is 8.16. The molecule has 0 radical (unpaired) electrons. The Morgan fingerprint density at radius 1 is 1.35 bits per heavy atom. The van der Waals surface area contributed by atoms with Crippen molar-refractivity contribution in [3.63, 3.8) is 0 Å². The van der Waals surface area contributed by atoms with E-state index in [-0.39, 0.29) is 6.04 Å². The first kappa shape index (κ1) is 12.1. The highest BCUT2D eigenvalue weighted by molar-refractivity contribution is 7.07. The number of thiophene rings is 1. The Hall–Kier alpha value is -1.32. The van der Waals surface area contributed by atoms with Crippen LogP contribution in [0.25, 0.3) is 0 Å². The van der Waals surface area contributed by atoms with Crippen molar-refractivity contribution in [1.29, 1.82) is 0 Å². The summed E-state index contributed by atoms with van der Waals surface area (Å²) in [6, 6.07) is 8.21. The second kappa shape index (κ2) is 5.34. The van der Waals surface area contributed by atoms with Crippen molar-refractivity contribution in [2.45, 2.75) is 26.5 Å². The summed E-state index contributed by atoms with van der Waals surface area (Å²) < 4.78 is 5.82. The molecule has 0 saturated carbocycles. The summed E-state index contributed by atoms with van der Waals surface area (Å²) in [5.74, 6) is 0.886. The molecule has 2 N–H and O–H groups in total. The van der Waals surface area contributed by atoms with Gasteiger partial charge in [-0.15, -0.1) is 0 Å². The molecule has 0 fully saturated rings. The lowest BCUT2D eigenvalue weighted by molar-refractivity contribution is 0.302. The molecule has 0 aliphatic heterocycles. The van der Waals surface area contributed by atoms with Gasteiger partial charge < -0.3 is 10.5 Å². The molecule has 0 amide bonds. The van der Waals surface area contributed by atoms with Gasteiger partial charge in [0.25, 0.3) is 0 Å². The van der Waals surface area contributed by atoms with Gasteiger partial charge in [-0.1, -0.05) is 17.7 Å². The van der Waals surface area contributed by atoms with E-state index in [1.165, 1.54) is 11.1 Å². The molecule has 0 aliphatic rings. The second-order valence-corrected chi connectivity index (χ2v) is 5.03. The molecule has 1 atom stereocenters. The summed E-state index contributed by atoms with van der Waals surface area (Å²) in [5, 5.41) is 4.15. The summed E-state index contributed by atoms with van der Waals surface area (Å²) in [6.45, 7) is 4.65. The van der Waals surface area contributed by atoms with Crippen LogP contribution in [0, 0.1) is 6.92 Å². The van der Waals surface area contributed by atoms with E-state index in [1.54, 1.807) is 11.3 Å². The molecule has 17 heavy (non-hydrogen) atoms. The molecule has 1 heterocycles. The van der Waals surface area contributed by atoms with Crippen molar-refractivity contribution < 1.29 is 4.74 Å². The molecule has 2 aromatic rings. The lowest BCUT2D eigenvalue weighted by atomic mass is 10.1. The van der Waals surface area contributed by atoms with Crippen LogP contribution in [-0.2, 0) is 6.61 Å². The predicted octanol–water partition coefficient (Wildman–Crippen LogP) is 3.66. The zero-order chi connectivity index (χ0) is 12.3. The highest BCUT2D eigenvalue weighted by Crippen LogP contribution is 2.26. The number of benzene rings is 1. The lowest BCUT2D eigenvalue weighted by Gasteiger charge is -2.14. The topological polar surface area (TPSA) is 35.2 Å². The van der Waals surface area contributed by atoms with Gasteiger partial charge >= 0.3 is 0 Å². The number of rotatable bonds is 4. The van der Waals surface area contributed by atoms with E-state index in [9.17, 15) is 0 Å². The molecule has 1 aromatic carbocycles. The largest absolute Gasteiger partial charge is 0.489 e. The van der Waals surface area contributed by atoms with Crippen LogP contribution in [-0.4, -0.2) is 0 Å². The summed E-state index contributed by atoms with van der Waals surface area (Å²) in [5.41, 5.74) is 9.43. The minimum absolute atomic E-state index is 0.00706. The monoisotopic (exact) mass is 247 g/mol. The van der Waals surface area contributed by atoms with Gasteiger partial charge in [-0.25, -0.2) is 0 Å². The van der Waals surface area contributed by atoms with Crippen LogP contribution >= 0.6 is 11.3 Å². The summed E-state index contributed by atoms with van der Waals surface area (Å²) in [7, 11) is 0. The smallest absolute Gasteiger partial charge is 0.124 e. The van der Waals surface area contributed by atoms with Crippen LogP contribution in [0.4, 0.5) is 0 Å². The van der Waals surface area contributed by atoms with Gasteiger partial charge in [0.15, 0.2) is 0 Å². The van der Waals surface area contributed by atoms with Crippen molar-refractivity contribution >= 4 is 11.3 Å². The molecular formula is C14H17NOS. The van der Waals surface area contributed by atoms with Crippen LogP contribution in [0.15, 0.2) is 35.0 Å². The Kier molecular flexibility index (Phi) is 3.82. The third-order valence-electron chi connectivity index (χ3n) is 2.63. The van der Waals surface area contributed by atoms with Crippen LogP contribution in [0.1, 0.15) is 29.7 Å². The van der Waals surface area contributed by atoms with Crippen LogP contribution in [0.2, 0.25) is 0 Å². The molecule has 2 rings (SSSR count). The zero-order valence-electron chi connectivity index (χ0n) is 10.1. The highest BCUT2D eigenvalue weighted by Gasteiger charge is 2.08. The summed E-state index contributed by atoms with van der Waals surface area (Å²) >= 11 is 1.68. The Balaban J connectivity index is 2.14. The maximum Gasteiger partial charge on any atom is 0.124 e. The van der Waals surface area contributed by atoms with E-state index >= 15 is 0 Å². The van der Waals surface area contributed by atoms with Gasteiger partial charge in [0.05, 0.1) is 0 Å². The van der Waals surface area contributed by atoms with Gasteiger partial charge in [0, 0.05) is 11.6 Å². The van der Waals surface area contributed by atoms with Crippen LogP contribution < -0.4 is 10.5 Å². The van der Waals surface area contributed by atoms with Gasteiger partial charge in [0.1, 0.15) is 12.4 Å². The molecule has 3 heteroatoms. The van der Waals surface area contributed by atoms with Gasteiger partial charge in [-0.2, -0.15) is 11.3 Å². The fraction of sp³-hybridized carbons (Fsp3) is 0.286. The van der Waals surface area contributed by atoms with E-state index in [4.69, 9.17) is 10.5 Å². The third-order valence-corrected chi connectivity index (χ3v) is 3.36. The standard InChI is InChI=1S/C14H17NOS/c1-10-3-4-14(13(7-10)11(2)15)16-8-12-5-6-17-9-12/h3-7,9,11H,8,15H2,1-2H3/t11-/m0/s1. The van der Waals surface area contributed by atoms with Crippen LogP contribution in [0.3, 0.4) is 0 Å². The second-order valence-electron chi connectivity index (χ2n) is 4.25. The van der Waals surface area contributed by atoms with Gasteiger partial charge in [0.2, 0.25) is 0 Å². The van der Waals surface area contributed by atoms with E-state index < -0.39 is 0 Å². The first-order valence-electron chi connectivity index (χ1n) is 5.67. The third kappa shape index (κ3) is 3.08. The number of hydrogen-bond donors (Lipinski definition) is 1. The van der Waals surface area contributed by atoms with E-state index in [0.717, 1.165) is 11.3 Å². The van der Waals surface area contributed by atoms with Crippen molar-refractivity contribution in [2.24, 2.45) is 5.73 Å². The van der Waals surface area contributed by atoms with Crippen molar-refractivity contribution in [3.05, 3.63) is 51.7 Å². The zero-order valence-corrected chi connectivity index (χ0v) is 11.0. The van der Waals surface area contributed by atoms with Crippen molar-refractivity contribution in [2.75, 3.05) is 0 Å². The molecule has 0 saturated heterocycles. The van der Waals surface area contributed by atoms with Crippen LogP contribution in [0.5, 0.6) is 5.75 Å². The Labute approximate surface area is 106 Å². The Morgan fingerprint density at radius 3 is 2.82 bits per heavy atom. The lowest BCUT2D eigenvalue weighted by Crippen LogP contribution is -2.08. The normalized spacial score (nSPS) is 12.4. The molecule has 0 bridgehead atoms. The van der Waals surface area contributed by atoms with E-state index in [1.807, 2.05) is 13.0 Å². The van der Waals surface area contributed by atoms with Crippen molar-refractivity contribution in [3.8, 4) is 5.75 Å². The quantitative estimate of drug-likeness (QED) is 0.895. The number of aryl methyl sites for hydroxylation is 1. The minimum Gasteiger partial charge on any atom is -0.489 e. The Morgan fingerprint density at radius 2 is 2.18 bits per heavy atom. The molecule has 0 spiro atoms. The molecular weight excluding hydrogens is 230 g/mol. The van der Waals surface area contributed by atoms with E-state index in [2.05, 4.69) is 35.9 Å². The number of ether oxygens (including phenoxy) is 1. The fourth-order valence-corrected chi connectivity index (χ4v) is 2.34. The predicted molar refractivity (Wildman–Crippen MR) is 72.4 cm³/mol. The van der Waals surface area contributed by atoms with Crippen molar-refractivity contribution in [1.82, 2.24) is 0 Å². The fourth-order valence-electron chi connectivity index (χ4n) is 1.69. The summed E-state index contributed by atoms with van der Waals surface area (Å²) in [6.07, 6.45) is 0.